The number of rotatable bonds is 28. The van der Waals surface area contributed by atoms with Crippen LogP contribution in [-0.2, 0) is 45.4 Å². The first-order valence-corrected chi connectivity index (χ1v) is 19.7. The van der Waals surface area contributed by atoms with E-state index in [9.17, 15) is 39.6 Å². The Kier molecular flexibility index (Phi) is 52.2. The number of unbranched alkanes of at least 4 members (excludes halogenated alkanes) is 12. The maximum Gasteiger partial charge on any atom is 4.00 e. The van der Waals surface area contributed by atoms with E-state index in [0.29, 0.717) is 25.7 Å². The van der Waals surface area contributed by atoms with Gasteiger partial charge in [0.2, 0.25) is 0 Å². The minimum absolute atomic E-state index is 0. The molecule has 0 saturated carbocycles. The molecule has 288 valence electrons. The van der Waals surface area contributed by atoms with E-state index in [2.05, 4.69) is 27.7 Å². The van der Waals surface area contributed by atoms with Gasteiger partial charge in [0.25, 0.3) is 0 Å². The molecule has 0 radical (unpaired) electrons. The third-order valence-electron chi connectivity index (χ3n) is 8.93. The van der Waals surface area contributed by atoms with Crippen LogP contribution in [0.5, 0.6) is 0 Å². The SMILES string of the molecule is CCCCCCC(CC)C(=O)[O-].CCCCCCC(CC)C(=O)[O-].CCCCCCC(CC)C(=O)[O-].CCCCCCC(CC)C(=O)[O-].[Zr+4]. The molecule has 0 aromatic rings. The molecule has 0 aromatic heterocycles. The van der Waals surface area contributed by atoms with Crippen molar-refractivity contribution in [1.29, 1.82) is 0 Å². The van der Waals surface area contributed by atoms with E-state index in [1.807, 2.05) is 27.7 Å². The molecule has 0 aliphatic rings. The number of hydrogen-bond acceptors (Lipinski definition) is 8. The molecule has 4 unspecified atom stereocenters. The average molecular weight is 776 g/mol. The van der Waals surface area contributed by atoms with Gasteiger partial charge in [-0.25, -0.2) is 0 Å². The van der Waals surface area contributed by atoms with E-state index in [1.165, 1.54) is 51.4 Å². The van der Waals surface area contributed by atoms with Crippen LogP contribution in [-0.4, -0.2) is 23.9 Å². The molecule has 0 saturated heterocycles. The van der Waals surface area contributed by atoms with Crippen molar-refractivity contribution in [1.82, 2.24) is 0 Å². The molecular formula is C40H76O8Zr. The summed E-state index contributed by atoms with van der Waals surface area (Å²) in [7, 11) is 0. The first-order chi connectivity index (χ1) is 22.9. The number of carboxylic acid groups (broad SMARTS) is 4. The summed E-state index contributed by atoms with van der Waals surface area (Å²) in [5.74, 6) is -4.40. The van der Waals surface area contributed by atoms with Crippen LogP contribution in [0.2, 0.25) is 0 Å². The molecule has 0 bridgehead atoms. The van der Waals surface area contributed by atoms with Gasteiger partial charge >= 0.3 is 26.2 Å². The second kappa shape index (κ2) is 44.8. The van der Waals surface area contributed by atoms with Gasteiger partial charge in [0.1, 0.15) is 0 Å². The smallest absolute Gasteiger partial charge is 0.550 e. The topological polar surface area (TPSA) is 161 Å². The number of carboxylic acids is 4. The van der Waals surface area contributed by atoms with Crippen molar-refractivity contribution in [3.05, 3.63) is 0 Å². The minimum Gasteiger partial charge on any atom is -0.550 e. The number of hydrogen-bond donors (Lipinski definition) is 0. The molecule has 8 nitrogen and oxygen atoms in total. The summed E-state index contributed by atoms with van der Waals surface area (Å²) in [5, 5.41) is 41.9. The Bertz CT molecular complexity index is 611. The predicted molar refractivity (Wildman–Crippen MR) is 190 cm³/mol. The normalized spacial score (nSPS) is 12.6. The summed E-state index contributed by atoms with van der Waals surface area (Å²) in [4.78, 5) is 41.9. The van der Waals surface area contributed by atoms with Crippen LogP contribution in [0.25, 0.3) is 0 Å². The molecule has 0 aliphatic carbocycles. The quantitative estimate of drug-likeness (QED) is 0.0774. The summed E-state index contributed by atoms with van der Waals surface area (Å²) in [5.41, 5.74) is 0. The zero-order chi connectivity index (χ0) is 37.6. The molecule has 0 fully saturated rings. The largest absolute Gasteiger partial charge is 4.00 e. The van der Waals surface area contributed by atoms with Crippen molar-refractivity contribution in [3.63, 3.8) is 0 Å². The van der Waals surface area contributed by atoms with E-state index < -0.39 is 23.9 Å². The second-order valence-electron chi connectivity index (χ2n) is 13.1. The van der Waals surface area contributed by atoms with Crippen molar-refractivity contribution in [2.45, 2.75) is 209 Å². The van der Waals surface area contributed by atoms with Gasteiger partial charge in [-0.1, -0.05) is 158 Å². The number of carbonyl (C=O) groups is 4. The summed E-state index contributed by atoms with van der Waals surface area (Å²) in [6, 6.07) is 0. The van der Waals surface area contributed by atoms with Gasteiger partial charge in [-0.3, -0.25) is 0 Å². The van der Waals surface area contributed by atoms with Gasteiger partial charge in [-0.05, 0) is 75.0 Å². The molecule has 0 aliphatic heterocycles. The Morgan fingerprint density at radius 1 is 0.327 bits per heavy atom. The molecule has 0 rings (SSSR count). The number of aliphatic carboxylic acids is 4. The summed E-state index contributed by atoms with van der Waals surface area (Å²) in [6.07, 6.45) is 24.3. The standard InChI is InChI=1S/4C10H20O2.Zr/c4*1-3-5-6-7-8-9(4-2)10(11)12;/h4*9H,3-8H2,1-2H3,(H,11,12);/q;;;;+4/p-4. The molecule has 0 amide bonds. The van der Waals surface area contributed by atoms with Crippen LogP contribution in [0.3, 0.4) is 0 Å². The van der Waals surface area contributed by atoms with Gasteiger partial charge < -0.3 is 39.6 Å². The third-order valence-corrected chi connectivity index (χ3v) is 8.93. The Morgan fingerprint density at radius 3 is 0.592 bits per heavy atom. The summed E-state index contributed by atoms with van der Waals surface area (Å²) in [6.45, 7) is 16.2. The van der Waals surface area contributed by atoms with Crippen molar-refractivity contribution < 1.29 is 65.8 Å². The van der Waals surface area contributed by atoms with Crippen LogP contribution in [0.15, 0.2) is 0 Å². The number of carbonyl (C=O) groups excluding carboxylic acids is 4. The van der Waals surface area contributed by atoms with Crippen LogP contribution in [0.1, 0.15) is 209 Å². The van der Waals surface area contributed by atoms with E-state index >= 15 is 0 Å². The van der Waals surface area contributed by atoms with Gasteiger partial charge in [0.15, 0.2) is 0 Å². The fraction of sp³-hybridized carbons (Fsp3) is 0.900. The van der Waals surface area contributed by atoms with Crippen molar-refractivity contribution in [2.75, 3.05) is 0 Å². The van der Waals surface area contributed by atoms with E-state index in [-0.39, 0.29) is 49.9 Å². The molecule has 4 atom stereocenters. The average Bonchev–Trinajstić information content (AvgIpc) is 3.05. The first-order valence-electron chi connectivity index (χ1n) is 19.7. The molecule has 0 N–H and O–H groups in total. The monoisotopic (exact) mass is 774 g/mol. The summed E-state index contributed by atoms with van der Waals surface area (Å²) < 4.78 is 0. The van der Waals surface area contributed by atoms with Crippen LogP contribution in [0.4, 0.5) is 0 Å². The van der Waals surface area contributed by atoms with Crippen LogP contribution < -0.4 is 20.4 Å². The van der Waals surface area contributed by atoms with Crippen molar-refractivity contribution >= 4 is 23.9 Å². The fourth-order valence-corrected chi connectivity index (χ4v) is 5.22. The molecule has 0 aromatic carbocycles. The molecule has 0 spiro atoms. The fourth-order valence-electron chi connectivity index (χ4n) is 5.22. The van der Waals surface area contributed by atoms with Gasteiger partial charge in [-0.15, -0.1) is 0 Å². The van der Waals surface area contributed by atoms with Gasteiger partial charge in [0, 0.05) is 23.9 Å². The molecule has 9 heteroatoms. The Labute approximate surface area is 321 Å². The maximum atomic E-state index is 10.5. The maximum absolute atomic E-state index is 10.5. The van der Waals surface area contributed by atoms with E-state index in [1.54, 1.807) is 0 Å². The van der Waals surface area contributed by atoms with E-state index in [0.717, 1.165) is 77.0 Å². The van der Waals surface area contributed by atoms with E-state index in [4.69, 9.17) is 0 Å². The molecule has 49 heavy (non-hydrogen) atoms. The first kappa shape index (κ1) is 57.1. The Morgan fingerprint density at radius 2 is 0.490 bits per heavy atom. The zero-order valence-electron chi connectivity index (χ0n) is 33.0. The predicted octanol–water partition coefficient (Wildman–Crippen LogP) is 6.93. The molecule has 0 heterocycles. The van der Waals surface area contributed by atoms with Crippen molar-refractivity contribution in [2.24, 2.45) is 23.7 Å². The van der Waals surface area contributed by atoms with Crippen molar-refractivity contribution in [3.8, 4) is 0 Å². The summed E-state index contributed by atoms with van der Waals surface area (Å²) >= 11 is 0. The van der Waals surface area contributed by atoms with Crippen LogP contribution >= 0.6 is 0 Å². The zero-order valence-corrected chi connectivity index (χ0v) is 35.5. The Hall–Kier alpha value is -1.24. The molecular weight excluding hydrogens is 700 g/mol. The minimum atomic E-state index is -0.881. The third kappa shape index (κ3) is 42.8. The second-order valence-corrected chi connectivity index (χ2v) is 13.1. The van der Waals surface area contributed by atoms with Gasteiger partial charge in [-0.2, -0.15) is 0 Å². The Balaban J connectivity index is -0.000000174. The van der Waals surface area contributed by atoms with Gasteiger partial charge in [0.05, 0.1) is 0 Å². The van der Waals surface area contributed by atoms with Crippen LogP contribution in [0, 0.1) is 23.7 Å².